The van der Waals surface area contributed by atoms with Crippen molar-refractivity contribution in [2.24, 2.45) is 17.8 Å². The van der Waals surface area contributed by atoms with Crippen LogP contribution in [0.2, 0.25) is 0 Å². The van der Waals surface area contributed by atoms with Gasteiger partial charge >= 0.3 is 0 Å². The van der Waals surface area contributed by atoms with Crippen LogP contribution in [0.1, 0.15) is 94.6 Å². The van der Waals surface area contributed by atoms with E-state index in [1.165, 1.54) is 76.2 Å². The fourth-order valence-corrected chi connectivity index (χ4v) is 6.06. The van der Waals surface area contributed by atoms with E-state index in [0.717, 1.165) is 23.1 Å². The Morgan fingerprint density at radius 2 is 1.79 bits per heavy atom. The van der Waals surface area contributed by atoms with E-state index < -0.39 is 0 Å². The van der Waals surface area contributed by atoms with Crippen LogP contribution in [0, 0.1) is 34.9 Å². The fraction of sp³-hybridized carbons (Fsp3) is 0.593. The van der Waals surface area contributed by atoms with E-state index in [1.807, 2.05) is 18.2 Å². The first-order valence-corrected chi connectivity index (χ1v) is 11.8. The summed E-state index contributed by atoms with van der Waals surface area (Å²) in [5.41, 5.74) is 1.50. The number of nitriles is 1. The Morgan fingerprint density at radius 3 is 2.62 bits per heavy atom. The molecule has 1 nitrogen and oxygen atoms in total. The largest absolute Gasteiger partial charge is 0.205 e. The van der Waals surface area contributed by atoms with Gasteiger partial charge in [-0.15, -0.1) is 0 Å². The lowest BCUT2D eigenvalue weighted by Crippen LogP contribution is -2.30. The number of hydrogen-bond donors (Lipinski definition) is 0. The Balaban J connectivity index is 1.39. The quantitative estimate of drug-likeness (QED) is 0.456. The summed E-state index contributed by atoms with van der Waals surface area (Å²) in [5, 5.41) is 10.5. The lowest BCUT2D eigenvalue weighted by atomic mass is 9.63. The maximum absolute atomic E-state index is 14.4. The number of nitrogens with zero attached hydrogens (tertiary/aromatic N) is 1. The van der Waals surface area contributed by atoms with Crippen LogP contribution in [0.25, 0.3) is 10.8 Å². The first kappa shape index (κ1) is 20.4. The molecule has 0 aromatic heterocycles. The maximum atomic E-state index is 14.4. The summed E-state index contributed by atoms with van der Waals surface area (Å²) < 4.78 is 14.4. The van der Waals surface area contributed by atoms with Crippen molar-refractivity contribution >= 4 is 10.8 Å². The number of rotatable bonds is 6. The normalized spacial score (nSPS) is 26.8. The first-order chi connectivity index (χ1) is 14.2. The van der Waals surface area contributed by atoms with E-state index in [1.54, 1.807) is 6.07 Å². The molecule has 4 atom stereocenters. The fourth-order valence-electron chi connectivity index (χ4n) is 6.06. The van der Waals surface area contributed by atoms with Crippen LogP contribution in [0.5, 0.6) is 0 Å². The Morgan fingerprint density at radius 1 is 0.966 bits per heavy atom. The van der Waals surface area contributed by atoms with Gasteiger partial charge in [-0.05, 0) is 72.8 Å². The average molecular weight is 392 g/mol. The Labute approximate surface area is 175 Å². The van der Waals surface area contributed by atoms with Crippen molar-refractivity contribution in [3.8, 4) is 6.07 Å². The molecule has 154 valence electrons. The summed E-state index contributed by atoms with van der Waals surface area (Å²) in [6, 6.07) is 11.6. The maximum Gasteiger partial charge on any atom is 0.148 e. The lowest BCUT2D eigenvalue weighted by Gasteiger charge is -2.42. The lowest BCUT2D eigenvalue weighted by molar-refractivity contribution is 0.113. The number of halogens is 1. The number of unbranched alkanes of at least 4 members (excludes halogenated alkanes) is 3. The van der Waals surface area contributed by atoms with Gasteiger partial charge in [-0.1, -0.05) is 69.7 Å². The van der Waals surface area contributed by atoms with Gasteiger partial charge in [0, 0.05) is 5.39 Å². The minimum Gasteiger partial charge on any atom is -0.205 e. The molecule has 4 rings (SSSR count). The van der Waals surface area contributed by atoms with Gasteiger partial charge in [0.2, 0.25) is 0 Å². The molecule has 2 unspecified atom stereocenters. The van der Waals surface area contributed by atoms with E-state index in [0.29, 0.717) is 11.3 Å². The van der Waals surface area contributed by atoms with Crippen molar-refractivity contribution in [2.45, 2.75) is 83.5 Å². The monoisotopic (exact) mass is 391 g/mol. The van der Waals surface area contributed by atoms with Crippen molar-refractivity contribution in [1.29, 1.82) is 5.26 Å². The van der Waals surface area contributed by atoms with Crippen molar-refractivity contribution in [1.82, 2.24) is 0 Å². The second-order valence-corrected chi connectivity index (χ2v) is 9.58. The van der Waals surface area contributed by atoms with Crippen LogP contribution in [0.15, 0.2) is 30.3 Å². The molecular formula is C27H34FN. The van der Waals surface area contributed by atoms with Gasteiger partial charge in [-0.2, -0.15) is 5.26 Å². The second-order valence-electron chi connectivity index (χ2n) is 9.58. The molecule has 0 radical (unpaired) electrons. The van der Waals surface area contributed by atoms with Crippen molar-refractivity contribution in [3.05, 3.63) is 47.3 Å². The molecule has 2 aliphatic carbocycles. The standard InChI is InChI=1S/C27H34FN/c1-2-3-4-5-6-19-7-8-21-16-22(10-9-20(21)15-19)23-13-14-26-24(17-23)11-12-25(18-29)27(26)28/h11-14,17,19-22H,2-10,15-16H2,1H3/t19-,20?,21-,22?/m1/s1. The topological polar surface area (TPSA) is 23.8 Å². The average Bonchev–Trinajstić information content (AvgIpc) is 2.76. The second kappa shape index (κ2) is 9.29. The van der Waals surface area contributed by atoms with Gasteiger partial charge in [-0.3, -0.25) is 0 Å². The molecule has 0 heterocycles. The highest BCUT2D eigenvalue weighted by Crippen LogP contribution is 2.48. The van der Waals surface area contributed by atoms with Crippen LogP contribution in [0.4, 0.5) is 4.39 Å². The molecule has 0 N–H and O–H groups in total. The van der Waals surface area contributed by atoms with Crippen LogP contribution < -0.4 is 0 Å². The summed E-state index contributed by atoms with van der Waals surface area (Å²) in [7, 11) is 0. The van der Waals surface area contributed by atoms with Crippen molar-refractivity contribution in [2.75, 3.05) is 0 Å². The van der Waals surface area contributed by atoms with Gasteiger partial charge in [0.25, 0.3) is 0 Å². The van der Waals surface area contributed by atoms with Crippen molar-refractivity contribution < 1.29 is 4.39 Å². The predicted octanol–water partition coefficient (Wildman–Crippen LogP) is 8.12. The third-order valence-electron chi connectivity index (χ3n) is 7.76. The zero-order chi connectivity index (χ0) is 20.2. The summed E-state index contributed by atoms with van der Waals surface area (Å²) >= 11 is 0. The first-order valence-electron chi connectivity index (χ1n) is 11.8. The molecule has 2 fully saturated rings. The third kappa shape index (κ3) is 4.50. The molecule has 0 aliphatic heterocycles. The van der Waals surface area contributed by atoms with E-state index in [-0.39, 0.29) is 11.4 Å². The zero-order valence-corrected chi connectivity index (χ0v) is 17.8. The third-order valence-corrected chi connectivity index (χ3v) is 7.76. The molecule has 29 heavy (non-hydrogen) atoms. The van der Waals surface area contributed by atoms with Gasteiger partial charge in [0.15, 0.2) is 0 Å². The molecule has 2 aliphatic rings. The van der Waals surface area contributed by atoms with Crippen molar-refractivity contribution in [3.63, 3.8) is 0 Å². The van der Waals surface area contributed by atoms with Gasteiger partial charge in [-0.25, -0.2) is 4.39 Å². The number of benzene rings is 2. The van der Waals surface area contributed by atoms with Gasteiger partial charge < -0.3 is 0 Å². The highest BCUT2D eigenvalue weighted by molar-refractivity contribution is 5.85. The van der Waals surface area contributed by atoms with Crippen LogP contribution >= 0.6 is 0 Å². The van der Waals surface area contributed by atoms with E-state index in [9.17, 15) is 4.39 Å². The van der Waals surface area contributed by atoms with Gasteiger partial charge in [0.05, 0.1) is 5.56 Å². The van der Waals surface area contributed by atoms with Crippen LogP contribution in [-0.4, -0.2) is 0 Å². The minimum absolute atomic E-state index is 0.136. The SMILES string of the molecule is CCCCCC[C@@H]1CC[C@@H]2CC(c3ccc4c(F)c(C#N)ccc4c3)CCC2C1. The van der Waals surface area contributed by atoms with E-state index >= 15 is 0 Å². The molecule has 2 saturated carbocycles. The van der Waals surface area contributed by atoms with E-state index in [2.05, 4.69) is 19.1 Å². The molecule has 0 amide bonds. The molecule has 2 aromatic carbocycles. The van der Waals surface area contributed by atoms with E-state index in [4.69, 9.17) is 5.26 Å². The molecule has 2 heteroatoms. The highest BCUT2D eigenvalue weighted by Gasteiger charge is 2.35. The minimum atomic E-state index is -0.377. The number of hydrogen-bond acceptors (Lipinski definition) is 1. The summed E-state index contributed by atoms with van der Waals surface area (Å²) in [6.07, 6.45) is 15.3. The summed E-state index contributed by atoms with van der Waals surface area (Å²) in [6.45, 7) is 2.29. The molecule has 0 spiro atoms. The summed E-state index contributed by atoms with van der Waals surface area (Å²) in [5.74, 6) is 3.03. The summed E-state index contributed by atoms with van der Waals surface area (Å²) in [4.78, 5) is 0. The van der Waals surface area contributed by atoms with Crippen LogP contribution in [-0.2, 0) is 0 Å². The highest BCUT2D eigenvalue weighted by atomic mass is 19.1. The smallest absolute Gasteiger partial charge is 0.148 e. The predicted molar refractivity (Wildman–Crippen MR) is 118 cm³/mol. The molecule has 2 aromatic rings. The molecule has 0 saturated heterocycles. The Hall–Kier alpha value is -1.88. The molecule has 0 bridgehead atoms. The Kier molecular flexibility index (Phi) is 6.53. The Bertz CT molecular complexity index is 880. The van der Waals surface area contributed by atoms with Gasteiger partial charge in [0.1, 0.15) is 11.9 Å². The zero-order valence-electron chi connectivity index (χ0n) is 17.8. The molecular weight excluding hydrogens is 357 g/mol. The number of fused-ring (bicyclic) bond motifs is 2. The van der Waals surface area contributed by atoms with Crippen LogP contribution in [0.3, 0.4) is 0 Å².